The van der Waals surface area contributed by atoms with Gasteiger partial charge in [0.2, 0.25) is 0 Å². The summed E-state index contributed by atoms with van der Waals surface area (Å²) in [6.07, 6.45) is 1.42. The first-order valence-electron chi connectivity index (χ1n) is 5.48. The van der Waals surface area contributed by atoms with Crippen LogP contribution in [0.5, 0.6) is 0 Å². The van der Waals surface area contributed by atoms with Crippen molar-refractivity contribution in [3.05, 3.63) is 12.2 Å². The highest BCUT2D eigenvalue weighted by Crippen LogP contribution is 2.27. The summed E-state index contributed by atoms with van der Waals surface area (Å²) in [6, 6.07) is 4.19. The summed E-state index contributed by atoms with van der Waals surface area (Å²) in [4.78, 5) is 2.60. The molecular weight excluding hydrogens is 174 g/mol. The quantitative estimate of drug-likeness (QED) is 0.359. The van der Waals surface area contributed by atoms with Gasteiger partial charge >= 0.3 is 0 Å². The molecule has 0 bridgehead atoms. The Hall–Kier alpha value is -0.0831. The first-order chi connectivity index (χ1) is 6.12. The molecule has 0 unspecified atom stereocenters. The van der Waals surface area contributed by atoms with Gasteiger partial charge in [0.05, 0.1) is 8.07 Å². The van der Waals surface area contributed by atoms with Crippen molar-refractivity contribution < 1.29 is 0 Å². The standard InChI is InChI=1S/C11H23NSi/c1-5-13(6-2,9-11(3)4)10-12-7-8-12/h3,5-10H2,1-2,4H3. The molecular formula is C11H23NSi. The summed E-state index contributed by atoms with van der Waals surface area (Å²) in [5.74, 6) is 0. The van der Waals surface area contributed by atoms with E-state index in [0.29, 0.717) is 0 Å². The van der Waals surface area contributed by atoms with Crippen LogP contribution in [0, 0.1) is 0 Å². The molecule has 0 amide bonds. The number of hydrogen-bond acceptors (Lipinski definition) is 1. The molecule has 1 aliphatic heterocycles. The minimum absolute atomic E-state index is 0.981. The Bertz CT molecular complexity index is 181. The van der Waals surface area contributed by atoms with Gasteiger partial charge in [-0.3, -0.25) is 0 Å². The monoisotopic (exact) mass is 197 g/mol. The first kappa shape index (κ1) is 11.0. The average molecular weight is 197 g/mol. The van der Waals surface area contributed by atoms with Crippen molar-refractivity contribution in [3.63, 3.8) is 0 Å². The molecule has 0 N–H and O–H groups in total. The molecule has 0 spiro atoms. The lowest BCUT2D eigenvalue weighted by molar-refractivity contribution is 0.641. The Balaban J connectivity index is 2.52. The Kier molecular flexibility index (Phi) is 3.74. The lowest BCUT2D eigenvalue weighted by Gasteiger charge is -2.30. The molecule has 2 heteroatoms. The maximum absolute atomic E-state index is 4.08. The zero-order valence-corrected chi connectivity index (χ0v) is 10.4. The van der Waals surface area contributed by atoms with Crippen molar-refractivity contribution in [1.29, 1.82) is 0 Å². The van der Waals surface area contributed by atoms with Crippen molar-refractivity contribution in [2.24, 2.45) is 0 Å². The molecule has 0 atom stereocenters. The van der Waals surface area contributed by atoms with E-state index >= 15 is 0 Å². The topological polar surface area (TPSA) is 3.01 Å². The Morgan fingerprint density at radius 1 is 1.31 bits per heavy atom. The van der Waals surface area contributed by atoms with E-state index < -0.39 is 8.07 Å². The fraction of sp³-hybridized carbons (Fsp3) is 0.818. The number of allylic oxidation sites excluding steroid dienone is 1. The molecule has 1 aliphatic rings. The molecule has 76 valence electrons. The van der Waals surface area contributed by atoms with Gasteiger partial charge in [-0.2, -0.15) is 0 Å². The van der Waals surface area contributed by atoms with Gasteiger partial charge in [0.25, 0.3) is 0 Å². The van der Waals surface area contributed by atoms with Gasteiger partial charge in [-0.25, -0.2) is 0 Å². The lowest BCUT2D eigenvalue weighted by atomic mass is 10.4. The summed E-state index contributed by atoms with van der Waals surface area (Å²) in [5, 5.41) is 0. The maximum atomic E-state index is 4.08. The largest absolute Gasteiger partial charge is 0.304 e. The van der Waals surface area contributed by atoms with Gasteiger partial charge in [0, 0.05) is 13.1 Å². The highest BCUT2D eigenvalue weighted by Gasteiger charge is 2.34. The highest BCUT2D eigenvalue weighted by atomic mass is 28.3. The highest BCUT2D eigenvalue weighted by molar-refractivity contribution is 6.80. The molecule has 0 aromatic carbocycles. The van der Waals surface area contributed by atoms with Gasteiger partial charge < -0.3 is 4.90 Å². The fourth-order valence-electron chi connectivity index (χ4n) is 2.12. The summed E-state index contributed by atoms with van der Waals surface area (Å²) >= 11 is 0. The Morgan fingerprint density at radius 2 is 1.85 bits per heavy atom. The Morgan fingerprint density at radius 3 is 2.15 bits per heavy atom. The van der Waals surface area contributed by atoms with Crippen molar-refractivity contribution >= 4 is 8.07 Å². The molecule has 0 aromatic rings. The molecule has 1 heterocycles. The van der Waals surface area contributed by atoms with Crippen LogP contribution in [0.15, 0.2) is 12.2 Å². The second-order valence-electron chi connectivity index (χ2n) is 4.62. The van der Waals surface area contributed by atoms with E-state index in [0.717, 1.165) is 0 Å². The average Bonchev–Trinajstić information content (AvgIpc) is 2.86. The summed E-state index contributed by atoms with van der Waals surface area (Å²) in [7, 11) is -0.981. The maximum Gasteiger partial charge on any atom is 0.0724 e. The molecule has 1 rings (SSSR count). The van der Waals surface area contributed by atoms with Crippen LogP contribution < -0.4 is 0 Å². The fourth-order valence-corrected chi connectivity index (χ4v) is 6.23. The predicted molar refractivity (Wildman–Crippen MR) is 62.8 cm³/mol. The van der Waals surface area contributed by atoms with E-state index in [1.807, 2.05) is 0 Å². The minimum Gasteiger partial charge on any atom is -0.304 e. The van der Waals surface area contributed by atoms with E-state index in [1.165, 1.54) is 43.0 Å². The van der Waals surface area contributed by atoms with Gasteiger partial charge in [0.15, 0.2) is 0 Å². The van der Waals surface area contributed by atoms with Crippen LogP contribution in [-0.2, 0) is 0 Å². The Labute approximate surface area is 83.8 Å². The first-order valence-corrected chi connectivity index (χ1v) is 8.31. The molecule has 0 saturated carbocycles. The smallest absolute Gasteiger partial charge is 0.0724 e. The molecule has 13 heavy (non-hydrogen) atoms. The molecule has 1 fully saturated rings. The number of rotatable bonds is 6. The van der Waals surface area contributed by atoms with E-state index in [9.17, 15) is 0 Å². The third-order valence-corrected chi connectivity index (χ3v) is 8.75. The van der Waals surface area contributed by atoms with E-state index in [1.54, 1.807) is 0 Å². The lowest BCUT2D eigenvalue weighted by Crippen LogP contribution is -2.41. The van der Waals surface area contributed by atoms with E-state index in [4.69, 9.17) is 0 Å². The van der Waals surface area contributed by atoms with Crippen LogP contribution in [0.2, 0.25) is 18.1 Å². The van der Waals surface area contributed by atoms with Crippen LogP contribution in [0.25, 0.3) is 0 Å². The second-order valence-corrected chi connectivity index (χ2v) is 9.70. The van der Waals surface area contributed by atoms with Crippen molar-refractivity contribution in [3.8, 4) is 0 Å². The van der Waals surface area contributed by atoms with E-state index in [2.05, 4.69) is 32.3 Å². The zero-order chi connectivity index (χ0) is 9.90. The summed E-state index contributed by atoms with van der Waals surface area (Å²) < 4.78 is 0. The van der Waals surface area contributed by atoms with Crippen molar-refractivity contribution in [1.82, 2.24) is 4.90 Å². The molecule has 1 nitrogen and oxygen atoms in total. The summed E-state index contributed by atoms with van der Waals surface area (Å²) in [6.45, 7) is 13.7. The van der Waals surface area contributed by atoms with Gasteiger partial charge in [-0.15, -0.1) is 6.58 Å². The minimum atomic E-state index is -0.981. The van der Waals surface area contributed by atoms with Gasteiger partial charge in [-0.1, -0.05) is 31.5 Å². The number of nitrogens with zero attached hydrogens (tertiary/aromatic N) is 1. The third kappa shape index (κ3) is 3.28. The summed E-state index contributed by atoms with van der Waals surface area (Å²) in [5.41, 5.74) is 1.40. The van der Waals surface area contributed by atoms with Crippen LogP contribution in [0.3, 0.4) is 0 Å². The van der Waals surface area contributed by atoms with Gasteiger partial charge in [0.1, 0.15) is 0 Å². The van der Waals surface area contributed by atoms with Crippen LogP contribution in [0.1, 0.15) is 20.8 Å². The normalized spacial score (nSPS) is 17.5. The SMILES string of the molecule is C=C(C)C[Si](CC)(CC)CN1CC1. The molecule has 1 saturated heterocycles. The van der Waals surface area contributed by atoms with Crippen LogP contribution in [0.4, 0.5) is 0 Å². The molecule has 0 aliphatic carbocycles. The number of hydrogen-bond donors (Lipinski definition) is 0. The van der Waals surface area contributed by atoms with Crippen molar-refractivity contribution in [2.75, 3.05) is 19.3 Å². The molecule has 0 radical (unpaired) electrons. The van der Waals surface area contributed by atoms with Crippen molar-refractivity contribution in [2.45, 2.75) is 38.9 Å². The van der Waals surface area contributed by atoms with Crippen LogP contribution >= 0.6 is 0 Å². The zero-order valence-electron chi connectivity index (χ0n) is 9.40. The third-order valence-electron chi connectivity index (χ3n) is 3.28. The van der Waals surface area contributed by atoms with Gasteiger partial charge in [-0.05, 0) is 19.1 Å². The van der Waals surface area contributed by atoms with Crippen LogP contribution in [-0.4, -0.2) is 32.2 Å². The molecule has 0 aromatic heterocycles. The van der Waals surface area contributed by atoms with E-state index in [-0.39, 0.29) is 0 Å². The predicted octanol–water partition coefficient (Wildman–Crippen LogP) is 2.91. The second kappa shape index (κ2) is 4.42.